The highest BCUT2D eigenvalue weighted by atomic mass is 28.4. The quantitative estimate of drug-likeness (QED) is 0.680. The van der Waals surface area contributed by atoms with Gasteiger partial charge in [-0.3, -0.25) is 0 Å². The van der Waals surface area contributed by atoms with Gasteiger partial charge >= 0.3 is 8.56 Å². The van der Waals surface area contributed by atoms with E-state index in [1.165, 1.54) is 11.1 Å². The van der Waals surface area contributed by atoms with Crippen LogP contribution in [0.2, 0.25) is 13.1 Å². The smallest absolute Gasteiger partial charge is 0.331 e. The highest BCUT2D eigenvalue weighted by Gasteiger charge is 2.24. The molecule has 21 heavy (non-hydrogen) atoms. The molecule has 0 aromatic heterocycles. The first-order chi connectivity index (χ1) is 10.2. The van der Waals surface area contributed by atoms with Gasteiger partial charge in [0.15, 0.2) is 0 Å². The van der Waals surface area contributed by atoms with E-state index in [-0.39, 0.29) is 0 Å². The predicted octanol–water partition coefficient (Wildman–Crippen LogP) is 4.21. The molecular weight excluding hydrogens is 276 g/mol. The van der Waals surface area contributed by atoms with E-state index in [0.717, 1.165) is 26.1 Å². The maximum absolute atomic E-state index is 5.99. The summed E-state index contributed by atoms with van der Waals surface area (Å²) in [6.07, 6.45) is 1.89. The highest BCUT2D eigenvalue weighted by Crippen LogP contribution is 2.10. The van der Waals surface area contributed by atoms with Gasteiger partial charge in [0.25, 0.3) is 0 Å². The van der Waals surface area contributed by atoms with Crippen molar-refractivity contribution >= 4 is 8.56 Å². The normalized spacial score (nSPS) is 11.5. The van der Waals surface area contributed by atoms with E-state index in [2.05, 4.69) is 61.6 Å². The Kier molecular flexibility index (Phi) is 6.17. The summed E-state index contributed by atoms with van der Waals surface area (Å²) >= 11 is 0. The third kappa shape index (κ3) is 6.25. The molecule has 0 spiro atoms. The lowest BCUT2D eigenvalue weighted by molar-refractivity contribution is 0.182. The van der Waals surface area contributed by atoms with Gasteiger partial charge in [-0.15, -0.1) is 0 Å². The summed E-state index contributed by atoms with van der Waals surface area (Å²) < 4.78 is 12.0. The number of benzene rings is 2. The van der Waals surface area contributed by atoms with Crippen molar-refractivity contribution in [3.05, 3.63) is 71.8 Å². The minimum Gasteiger partial charge on any atom is -0.394 e. The Labute approximate surface area is 129 Å². The monoisotopic (exact) mass is 300 g/mol. The van der Waals surface area contributed by atoms with Gasteiger partial charge in [0.05, 0.1) is 0 Å². The summed E-state index contributed by atoms with van der Waals surface area (Å²) in [6, 6.07) is 20.9. The number of hydrogen-bond acceptors (Lipinski definition) is 2. The zero-order chi connectivity index (χ0) is 15.0. The zero-order valence-corrected chi connectivity index (χ0v) is 13.9. The van der Waals surface area contributed by atoms with Gasteiger partial charge in [-0.05, 0) is 37.1 Å². The van der Waals surface area contributed by atoms with Crippen LogP contribution in [0.4, 0.5) is 0 Å². The second kappa shape index (κ2) is 8.13. The van der Waals surface area contributed by atoms with Crippen LogP contribution in [0.25, 0.3) is 0 Å². The number of hydrogen-bond donors (Lipinski definition) is 0. The summed E-state index contributed by atoms with van der Waals surface area (Å²) in [5, 5.41) is 0. The average Bonchev–Trinajstić information content (AvgIpc) is 2.49. The molecule has 0 fully saturated rings. The molecule has 2 aromatic rings. The Bertz CT molecular complexity index is 464. The third-order valence-corrected chi connectivity index (χ3v) is 5.17. The first-order valence-electron chi connectivity index (χ1n) is 7.51. The van der Waals surface area contributed by atoms with E-state index >= 15 is 0 Å². The summed E-state index contributed by atoms with van der Waals surface area (Å²) in [5.41, 5.74) is 2.62. The van der Waals surface area contributed by atoms with Crippen molar-refractivity contribution in [1.29, 1.82) is 0 Å². The molecule has 0 aliphatic carbocycles. The molecule has 0 saturated carbocycles. The predicted molar refractivity (Wildman–Crippen MR) is 89.7 cm³/mol. The largest absolute Gasteiger partial charge is 0.394 e. The van der Waals surface area contributed by atoms with Crippen LogP contribution in [-0.2, 0) is 21.7 Å². The van der Waals surface area contributed by atoms with Crippen LogP contribution in [-0.4, -0.2) is 21.8 Å². The Balaban J connectivity index is 1.67. The zero-order valence-electron chi connectivity index (χ0n) is 12.9. The van der Waals surface area contributed by atoms with E-state index in [1.807, 2.05) is 12.1 Å². The fourth-order valence-corrected chi connectivity index (χ4v) is 3.43. The van der Waals surface area contributed by atoms with Gasteiger partial charge < -0.3 is 8.85 Å². The highest BCUT2D eigenvalue weighted by molar-refractivity contribution is 6.64. The van der Waals surface area contributed by atoms with Crippen LogP contribution in [0.5, 0.6) is 0 Å². The molecule has 112 valence electrons. The van der Waals surface area contributed by atoms with Gasteiger partial charge in [0.1, 0.15) is 0 Å². The Morgan fingerprint density at radius 1 is 0.667 bits per heavy atom. The van der Waals surface area contributed by atoms with Crippen molar-refractivity contribution in [3.63, 3.8) is 0 Å². The molecule has 2 rings (SSSR count). The molecule has 2 nitrogen and oxygen atoms in total. The second-order valence-corrected chi connectivity index (χ2v) is 8.94. The molecule has 2 aromatic carbocycles. The molecular formula is C18H24O2Si. The molecule has 0 atom stereocenters. The molecule has 0 radical (unpaired) electrons. The van der Waals surface area contributed by atoms with E-state index < -0.39 is 8.56 Å². The van der Waals surface area contributed by atoms with E-state index in [1.54, 1.807) is 0 Å². The standard InChI is InChI=1S/C18H24O2Si/c1-21(2,19-15-13-17-9-5-3-6-10-17)20-16-14-18-11-7-4-8-12-18/h3-12H,13-16H2,1-2H3. The molecule has 3 heteroatoms. The molecule has 0 bridgehead atoms. The van der Waals surface area contributed by atoms with Crippen LogP contribution >= 0.6 is 0 Å². The fraction of sp³-hybridized carbons (Fsp3) is 0.333. The van der Waals surface area contributed by atoms with Crippen molar-refractivity contribution in [2.45, 2.75) is 25.9 Å². The van der Waals surface area contributed by atoms with E-state index in [4.69, 9.17) is 8.85 Å². The number of rotatable bonds is 8. The van der Waals surface area contributed by atoms with Gasteiger partial charge in [0, 0.05) is 13.2 Å². The molecule has 0 N–H and O–H groups in total. The first kappa shape index (κ1) is 16.0. The van der Waals surface area contributed by atoms with E-state index in [0.29, 0.717) is 0 Å². The van der Waals surface area contributed by atoms with Crippen molar-refractivity contribution in [2.24, 2.45) is 0 Å². The van der Waals surface area contributed by atoms with E-state index in [9.17, 15) is 0 Å². The maximum Gasteiger partial charge on any atom is 0.331 e. The van der Waals surface area contributed by atoms with Crippen LogP contribution in [0, 0.1) is 0 Å². The summed E-state index contributed by atoms with van der Waals surface area (Å²) in [4.78, 5) is 0. The lowest BCUT2D eigenvalue weighted by atomic mass is 10.2. The lowest BCUT2D eigenvalue weighted by Gasteiger charge is -2.23. The average molecular weight is 300 g/mol. The molecule has 0 aliphatic rings. The molecule has 0 unspecified atom stereocenters. The molecule has 0 amide bonds. The van der Waals surface area contributed by atoms with Crippen molar-refractivity contribution in [1.82, 2.24) is 0 Å². The van der Waals surface area contributed by atoms with Crippen molar-refractivity contribution < 1.29 is 8.85 Å². The molecule has 0 saturated heterocycles. The fourth-order valence-electron chi connectivity index (χ4n) is 2.16. The summed E-state index contributed by atoms with van der Waals surface area (Å²) in [5.74, 6) is 0. The molecule has 0 heterocycles. The lowest BCUT2D eigenvalue weighted by Crippen LogP contribution is -2.36. The van der Waals surface area contributed by atoms with Crippen molar-refractivity contribution in [3.8, 4) is 0 Å². The first-order valence-corrected chi connectivity index (χ1v) is 10.3. The minimum absolute atomic E-state index is 0.731. The Morgan fingerprint density at radius 3 is 1.43 bits per heavy atom. The van der Waals surface area contributed by atoms with Gasteiger partial charge in [-0.25, -0.2) is 0 Å². The second-order valence-electron chi connectivity index (χ2n) is 5.57. The Morgan fingerprint density at radius 2 is 1.05 bits per heavy atom. The maximum atomic E-state index is 5.99. The van der Waals surface area contributed by atoms with Crippen LogP contribution in [0.3, 0.4) is 0 Å². The molecule has 0 aliphatic heterocycles. The topological polar surface area (TPSA) is 18.5 Å². The van der Waals surface area contributed by atoms with Crippen molar-refractivity contribution in [2.75, 3.05) is 13.2 Å². The van der Waals surface area contributed by atoms with Gasteiger partial charge in [0.2, 0.25) is 0 Å². The van der Waals surface area contributed by atoms with Gasteiger partial charge in [-0.1, -0.05) is 60.7 Å². The van der Waals surface area contributed by atoms with Gasteiger partial charge in [-0.2, -0.15) is 0 Å². The van der Waals surface area contributed by atoms with Crippen LogP contribution in [0.1, 0.15) is 11.1 Å². The summed E-state index contributed by atoms with van der Waals surface area (Å²) in [6.45, 7) is 5.69. The third-order valence-electron chi connectivity index (χ3n) is 3.37. The SMILES string of the molecule is C[Si](C)(OCCc1ccccc1)OCCc1ccccc1. The summed E-state index contributed by atoms with van der Waals surface area (Å²) in [7, 11) is -2.01. The van der Waals surface area contributed by atoms with Crippen LogP contribution < -0.4 is 0 Å². The minimum atomic E-state index is -2.01. The Hall–Kier alpha value is -1.42. The van der Waals surface area contributed by atoms with Crippen LogP contribution in [0.15, 0.2) is 60.7 Å².